The van der Waals surface area contributed by atoms with Crippen molar-refractivity contribution in [2.75, 3.05) is 31.1 Å². The molecular weight excluding hydrogens is 366 g/mol. The quantitative estimate of drug-likeness (QED) is 0.681. The molecule has 150 valence electrons. The number of hydrogen-bond donors (Lipinski definition) is 0. The van der Waals surface area contributed by atoms with Crippen LogP contribution in [0, 0.1) is 13.8 Å². The molecule has 1 aromatic carbocycles. The Morgan fingerprint density at radius 3 is 2.72 bits per heavy atom. The van der Waals surface area contributed by atoms with Gasteiger partial charge in [0.05, 0.1) is 12.0 Å². The lowest BCUT2D eigenvalue weighted by Gasteiger charge is -2.24. The van der Waals surface area contributed by atoms with Gasteiger partial charge in [-0.3, -0.25) is 4.79 Å². The molecule has 0 bridgehead atoms. The number of aryl methyl sites for hydroxylation is 2. The third kappa shape index (κ3) is 4.29. The molecule has 0 saturated carbocycles. The summed E-state index contributed by atoms with van der Waals surface area (Å²) in [6, 6.07) is 11.9. The highest BCUT2D eigenvalue weighted by atomic mass is 16.5. The van der Waals surface area contributed by atoms with E-state index in [2.05, 4.69) is 33.0 Å². The summed E-state index contributed by atoms with van der Waals surface area (Å²) in [7, 11) is 0. The fourth-order valence-electron chi connectivity index (χ4n) is 3.68. The maximum Gasteiger partial charge on any atom is 0.261 e. The minimum absolute atomic E-state index is 0.176. The zero-order valence-corrected chi connectivity index (χ0v) is 16.8. The summed E-state index contributed by atoms with van der Waals surface area (Å²) in [6.45, 7) is 6.82. The molecule has 0 unspecified atom stereocenters. The van der Waals surface area contributed by atoms with Gasteiger partial charge < -0.3 is 14.3 Å². The molecule has 1 fully saturated rings. The molecule has 0 radical (unpaired) electrons. The number of pyridine rings is 1. The van der Waals surface area contributed by atoms with Crippen LogP contribution in [0.1, 0.15) is 23.4 Å². The molecule has 7 nitrogen and oxygen atoms in total. The maximum absolute atomic E-state index is 12.9. The zero-order chi connectivity index (χ0) is 20.2. The van der Waals surface area contributed by atoms with Crippen LogP contribution >= 0.6 is 0 Å². The second-order valence-electron chi connectivity index (χ2n) is 7.35. The molecule has 4 rings (SSSR count). The average Bonchev–Trinajstić information content (AvgIpc) is 3.01. The number of benzene rings is 1. The van der Waals surface area contributed by atoms with Gasteiger partial charge in [0.2, 0.25) is 5.91 Å². The van der Waals surface area contributed by atoms with Gasteiger partial charge in [-0.1, -0.05) is 29.4 Å². The van der Waals surface area contributed by atoms with Crippen LogP contribution in [0.15, 0.2) is 47.1 Å². The predicted molar refractivity (Wildman–Crippen MR) is 111 cm³/mol. The standard InChI is InChI=1S/C22H25N5O2/c1-16-7-3-4-8-18(16)15-20(28)26-11-6-12-27(14-13-26)21-19(9-5-10-23-21)22-24-17(2)25-29-22/h3-5,7-10H,6,11-15H2,1-2H3. The number of anilines is 1. The van der Waals surface area contributed by atoms with Gasteiger partial charge in [-0.25, -0.2) is 4.98 Å². The van der Waals surface area contributed by atoms with Crippen LogP contribution in [0.2, 0.25) is 0 Å². The molecule has 2 aromatic heterocycles. The van der Waals surface area contributed by atoms with E-state index in [4.69, 9.17) is 4.52 Å². The summed E-state index contributed by atoms with van der Waals surface area (Å²) >= 11 is 0. The Bertz CT molecular complexity index is 1000. The number of rotatable bonds is 4. The molecule has 7 heteroatoms. The normalized spacial score (nSPS) is 14.7. The number of nitrogens with zero attached hydrogens (tertiary/aromatic N) is 5. The van der Waals surface area contributed by atoms with Gasteiger partial charge >= 0.3 is 0 Å². The molecule has 0 spiro atoms. The van der Waals surface area contributed by atoms with Crippen LogP contribution in [-0.4, -0.2) is 52.1 Å². The van der Waals surface area contributed by atoms with Crippen LogP contribution in [0.25, 0.3) is 11.5 Å². The third-order valence-electron chi connectivity index (χ3n) is 5.30. The van der Waals surface area contributed by atoms with Gasteiger partial charge in [-0.05, 0) is 43.5 Å². The molecule has 0 aliphatic carbocycles. The van der Waals surface area contributed by atoms with E-state index in [1.807, 2.05) is 35.2 Å². The van der Waals surface area contributed by atoms with Crippen LogP contribution in [0.4, 0.5) is 5.82 Å². The Morgan fingerprint density at radius 2 is 1.93 bits per heavy atom. The summed E-state index contributed by atoms with van der Waals surface area (Å²) in [4.78, 5) is 26.0. The monoisotopic (exact) mass is 391 g/mol. The molecule has 1 aliphatic rings. The van der Waals surface area contributed by atoms with Gasteiger partial charge in [-0.2, -0.15) is 4.98 Å². The van der Waals surface area contributed by atoms with Crippen molar-refractivity contribution >= 4 is 11.7 Å². The number of amides is 1. The summed E-state index contributed by atoms with van der Waals surface area (Å²) < 4.78 is 5.36. The number of aromatic nitrogens is 3. The van der Waals surface area contributed by atoms with E-state index in [1.54, 1.807) is 13.1 Å². The van der Waals surface area contributed by atoms with E-state index in [-0.39, 0.29) is 5.91 Å². The van der Waals surface area contributed by atoms with E-state index in [0.717, 1.165) is 48.6 Å². The fraction of sp³-hybridized carbons (Fsp3) is 0.364. The second kappa shape index (κ2) is 8.43. The summed E-state index contributed by atoms with van der Waals surface area (Å²) in [5.74, 6) is 2.07. The fourth-order valence-corrected chi connectivity index (χ4v) is 3.68. The smallest absolute Gasteiger partial charge is 0.261 e. The Balaban J connectivity index is 1.47. The molecule has 0 N–H and O–H groups in total. The Kier molecular flexibility index (Phi) is 5.55. The molecule has 3 heterocycles. The van der Waals surface area contributed by atoms with E-state index in [9.17, 15) is 4.79 Å². The number of carbonyl (C=O) groups is 1. The largest absolute Gasteiger partial charge is 0.354 e. The van der Waals surface area contributed by atoms with Crippen molar-refractivity contribution < 1.29 is 9.32 Å². The van der Waals surface area contributed by atoms with Crippen molar-refractivity contribution in [3.05, 3.63) is 59.5 Å². The lowest BCUT2D eigenvalue weighted by Crippen LogP contribution is -2.36. The van der Waals surface area contributed by atoms with Crippen molar-refractivity contribution in [1.29, 1.82) is 0 Å². The highest BCUT2D eigenvalue weighted by Gasteiger charge is 2.23. The SMILES string of the molecule is Cc1noc(-c2cccnc2N2CCCN(C(=O)Cc3ccccc3C)CC2)n1. The minimum atomic E-state index is 0.176. The Labute approximate surface area is 170 Å². The van der Waals surface area contributed by atoms with E-state index in [0.29, 0.717) is 24.7 Å². The van der Waals surface area contributed by atoms with Crippen molar-refractivity contribution in [3.63, 3.8) is 0 Å². The zero-order valence-electron chi connectivity index (χ0n) is 16.8. The van der Waals surface area contributed by atoms with Gasteiger partial charge in [-0.15, -0.1) is 0 Å². The van der Waals surface area contributed by atoms with Crippen molar-refractivity contribution in [2.45, 2.75) is 26.7 Å². The lowest BCUT2D eigenvalue weighted by atomic mass is 10.1. The first-order valence-corrected chi connectivity index (χ1v) is 9.95. The van der Waals surface area contributed by atoms with Crippen LogP contribution in [-0.2, 0) is 11.2 Å². The summed E-state index contributed by atoms with van der Waals surface area (Å²) in [5, 5.41) is 3.89. The highest BCUT2D eigenvalue weighted by Crippen LogP contribution is 2.28. The molecule has 1 aliphatic heterocycles. The molecular formula is C22H25N5O2. The van der Waals surface area contributed by atoms with Gasteiger partial charge in [0.25, 0.3) is 5.89 Å². The first kappa shape index (κ1) is 19.1. The number of carbonyl (C=O) groups excluding carboxylic acids is 1. The molecule has 1 saturated heterocycles. The van der Waals surface area contributed by atoms with E-state index < -0.39 is 0 Å². The van der Waals surface area contributed by atoms with E-state index >= 15 is 0 Å². The van der Waals surface area contributed by atoms with Crippen molar-refractivity contribution in [2.24, 2.45) is 0 Å². The highest BCUT2D eigenvalue weighted by molar-refractivity contribution is 5.79. The van der Waals surface area contributed by atoms with Gasteiger partial charge in [0, 0.05) is 32.4 Å². The first-order valence-electron chi connectivity index (χ1n) is 9.95. The molecule has 0 atom stereocenters. The van der Waals surface area contributed by atoms with Crippen LogP contribution in [0.3, 0.4) is 0 Å². The minimum Gasteiger partial charge on any atom is -0.354 e. The number of hydrogen-bond acceptors (Lipinski definition) is 6. The topological polar surface area (TPSA) is 75.4 Å². The van der Waals surface area contributed by atoms with E-state index in [1.165, 1.54) is 0 Å². The van der Waals surface area contributed by atoms with Crippen molar-refractivity contribution in [1.82, 2.24) is 20.0 Å². The summed E-state index contributed by atoms with van der Waals surface area (Å²) in [6.07, 6.45) is 3.11. The van der Waals surface area contributed by atoms with Gasteiger partial charge in [0.15, 0.2) is 5.82 Å². The summed E-state index contributed by atoms with van der Waals surface area (Å²) in [5.41, 5.74) is 3.08. The molecule has 1 amide bonds. The lowest BCUT2D eigenvalue weighted by molar-refractivity contribution is -0.130. The Morgan fingerprint density at radius 1 is 1.07 bits per heavy atom. The van der Waals surface area contributed by atoms with Crippen LogP contribution in [0.5, 0.6) is 0 Å². The van der Waals surface area contributed by atoms with Crippen LogP contribution < -0.4 is 4.90 Å². The predicted octanol–water partition coefficient (Wildman–Crippen LogP) is 3.03. The average molecular weight is 391 g/mol. The first-order chi connectivity index (χ1) is 14.1. The Hall–Kier alpha value is -3.22. The van der Waals surface area contributed by atoms with Gasteiger partial charge in [0.1, 0.15) is 5.82 Å². The third-order valence-corrected chi connectivity index (χ3v) is 5.30. The molecule has 3 aromatic rings. The molecule has 29 heavy (non-hydrogen) atoms. The maximum atomic E-state index is 12.9. The van der Waals surface area contributed by atoms with Crippen molar-refractivity contribution in [3.8, 4) is 11.5 Å². The second-order valence-corrected chi connectivity index (χ2v) is 7.35.